The van der Waals surface area contributed by atoms with E-state index in [1.807, 2.05) is 29.4 Å². The van der Waals surface area contributed by atoms with Gasteiger partial charge in [-0.1, -0.05) is 25.4 Å². The lowest BCUT2D eigenvalue weighted by Crippen LogP contribution is -2.39. The van der Waals surface area contributed by atoms with Crippen LogP contribution in [0.4, 0.5) is 0 Å². The van der Waals surface area contributed by atoms with Gasteiger partial charge in [0.25, 0.3) is 5.91 Å². The van der Waals surface area contributed by atoms with Gasteiger partial charge < -0.3 is 4.90 Å². The third-order valence-electron chi connectivity index (χ3n) is 4.59. The van der Waals surface area contributed by atoms with Crippen LogP contribution in [0.25, 0.3) is 0 Å². The highest BCUT2D eigenvalue weighted by atomic mass is 35.5. The van der Waals surface area contributed by atoms with Crippen LogP contribution in [0.5, 0.6) is 0 Å². The van der Waals surface area contributed by atoms with Crippen LogP contribution >= 0.6 is 34.7 Å². The van der Waals surface area contributed by atoms with E-state index < -0.39 is 0 Å². The number of thioether (sulfide) groups is 1. The number of amides is 1. The molecule has 1 amide bonds. The Morgan fingerprint density at radius 1 is 1.44 bits per heavy atom. The number of likely N-dealkylation sites (tertiary alicyclic amines) is 1. The number of hydrogen-bond donors (Lipinski definition) is 0. The zero-order chi connectivity index (χ0) is 18.0. The molecule has 6 heteroatoms. The molecule has 1 fully saturated rings. The molecule has 0 spiro atoms. The van der Waals surface area contributed by atoms with Gasteiger partial charge in [0.05, 0.1) is 21.3 Å². The van der Waals surface area contributed by atoms with Gasteiger partial charge in [-0.2, -0.15) is 0 Å². The Bertz CT molecular complexity index is 760. The summed E-state index contributed by atoms with van der Waals surface area (Å²) >= 11 is 9.64. The van der Waals surface area contributed by atoms with Crippen molar-refractivity contribution in [1.29, 1.82) is 0 Å². The predicted molar refractivity (Wildman–Crippen MR) is 107 cm³/mol. The van der Waals surface area contributed by atoms with Crippen molar-refractivity contribution >= 4 is 40.6 Å². The molecular weight excluding hydrogens is 372 g/mol. The Kier molecular flexibility index (Phi) is 6.08. The van der Waals surface area contributed by atoms with E-state index >= 15 is 0 Å². The number of benzene rings is 1. The van der Waals surface area contributed by atoms with E-state index in [-0.39, 0.29) is 5.91 Å². The normalized spacial score (nSPS) is 18.0. The largest absolute Gasteiger partial charge is 0.338 e. The Morgan fingerprint density at radius 3 is 2.92 bits per heavy atom. The Hall–Kier alpha value is -1.04. The first-order valence-corrected chi connectivity index (χ1v) is 11.1. The van der Waals surface area contributed by atoms with Crippen molar-refractivity contribution in [3.63, 3.8) is 0 Å². The summed E-state index contributed by atoms with van der Waals surface area (Å²) in [5, 5.41) is 3.84. The molecule has 0 radical (unpaired) electrons. The Labute approximate surface area is 162 Å². The molecule has 0 N–H and O–H groups in total. The summed E-state index contributed by atoms with van der Waals surface area (Å²) in [5.41, 5.74) is 1.76. The molecule has 3 nitrogen and oxygen atoms in total. The number of piperidine rings is 1. The third-order valence-corrected chi connectivity index (χ3v) is 6.67. The molecule has 3 rings (SSSR count). The van der Waals surface area contributed by atoms with Crippen molar-refractivity contribution in [3.8, 4) is 0 Å². The molecule has 0 aliphatic carbocycles. The van der Waals surface area contributed by atoms with E-state index in [0.29, 0.717) is 22.4 Å². The van der Waals surface area contributed by atoms with Crippen LogP contribution < -0.4 is 0 Å². The van der Waals surface area contributed by atoms with Crippen molar-refractivity contribution < 1.29 is 4.79 Å². The van der Waals surface area contributed by atoms with Crippen LogP contribution in [-0.2, 0) is 0 Å². The quantitative estimate of drug-likeness (QED) is 0.627. The first-order valence-electron chi connectivity index (χ1n) is 8.57. The van der Waals surface area contributed by atoms with Crippen molar-refractivity contribution in [3.05, 3.63) is 44.9 Å². The molecule has 25 heavy (non-hydrogen) atoms. The summed E-state index contributed by atoms with van der Waals surface area (Å²) in [7, 11) is 0. The minimum absolute atomic E-state index is 0.0336. The SMILES string of the molecule is CSc1ccc(Cl)c(C(=O)N2CCCC(c3nc(C(C)C)cs3)C2)c1. The van der Waals surface area contributed by atoms with Gasteiger partial charge in [-0.05, 0) is 43.2 Å². The Balaban J connectivity index is 1.77. The van der Waals surface area contributed by atoms with Crippen LogP contribution in [0.1, 0.15) is 59.6 Å². The zero-order valence-electron chi connectivity index (χ0n) is 14.8. The second kappa shape index (κ2) is 8.11. The molecule has 1 saturated heterocycles. The monoisotopic (exact) mass is 394 g/mol. The van der Waals surface area contributed by atoms with Crippen LogP contribution in [0.15, 0.2) is 28.5 Å². The van der Waals surface area contributed by atoms with E-state index in [0.717, 1.165) is 41.5 Å². The molecular formula is C19H23ClN2OS2. The topological polar surface area (TPSA) is 33.2 Å². The lowest BCUT2D eigenvalue weighted by atomic mass is 9.98. The first-order chi connectivity index (χ1) is 12.0. The van der Waals surface area contributed by atoms with Crippen molar-refractivity contribution in [2.75, 3.05) is 19.3 Å². The average molecular weight is 395 g/mol. The highest BCUT2D eigenvalue weighted by Crippen LogP contribution is 2.32. The fourth-order valence-electron chi connectivity index (χ4n) is 3.08. The van der Waals surface area contributed by atoms with E-state index in [1.54, 1.807) is 23.1 Å². The maximum Gasteiger partial charge on any atom is 0.255 e. The van der Waals surface area contributed by atoms with Gasteiger partial charge in [0.15, 0.2) is 0 Å². The minimum Gasteiger partial charge on any atom is -0.338 e. The molecule has 2 heterocycles. The van der Waals surface area contributed by atoms with Crippen LogP contribution in [0.3, 0.4) is 0 Å². The fourth-order valence-corrected chi connectivity index (χ4v) is 4.83. The van der Waals surface area contributed by atoms with Gasteiger partial charge in [0, 0.05) is 29.3 Å². The minimum atomic E-state index is 0.0336. The maximum atomic E-state index is 13.0. The summed E-state index contributed by atoms with van der Waals surface area (Å²) in [6.45, 7) is 5.84. The summed E-state index contributed by atoms with van der Waals surface area (Å²) in [6.07, 6.45) is 4.10. The van der Waals surface area contributed by atoms with Gasteiger partial charge in [-0.15, -0.1) is 23.1 Å². The van der Waals surface area contributed by atoms with E-state index in [9.17, 15) is 4.79 Å². The Morgan fingerprint density at radius 2 is 2.24 bits per heavy atom. The standard InChI is InChI=1S/C19H23ClN2OS2/c1-12(2)17-11-25-18(21-17)13-5-4-8-22(10-13)19(23)15-9-14(24-3)6-7-16(15)20/h6-7,9,11-13H,4-5,8,10H2,1-3H3. The number of thiazole rings is 1. The molecule has 1 aromatic carbocycles. The molecule has 2 aromatic rings. The average Bonchev–Trinajstić information content (AvgIpc) is 3.12. The molecule has 1 aromatic heterocycles. The fraction of sp³-hybridized carbons (Fsp3) is 0.474. The number of carbonyl (C=O) groups is 1. The van der Waals surface area contributed by atoms with Crippen LogP contribution in [0, 0.1) is 0 Å². The highest BCUT2D eigenvalue weighted by molar-refractivity contribution is 7.98. The number of carbonyl (C=O) groups excluding carboxylic acids is 1. The van der Waals surface area contributed by atoms with Gasteiger partial charge in [-0.3, -0.25) is 4.79 Å². The van der Waals surface area contributed by atoms with Gasteiger partial charge in [-0.25, -0.2) is 4.98 Å². The van der Waals surface area contributed by atoms with Crippen molar-refractivity contribution in [1.82, 2.24) is 9.88 Å². The summed E-state index contributed by atoms with van der Waals surface area (Å²) in [5.74, 6) is 0.809. The molecule has 1 atom stereocenters. The number of nitrogens with zero attached hydrogens (tertiary/aromatic N) is 2. The second-order valence-electron chi connectivity index (χ2n) is 6.70. The highest BCUT2D eigenvalue weighted by Gasteiger charge is 2.28. The molecule has 1 aliphatic heterocycles. The molecule has 1 aliphatic rings. The second-order valence-corrected chi connectivity index (χ2v) is 8.88. The van der Waals surface area contributed by atoms with E-state index in [2.05, 4.69) is 19.2 Å². The zero-order valence-corrected chi connectivity index (χ0v) is 17.2. The first kappa shape index (κ1) is 18.7. The molecule has 134 valence electrons. The van der Waals surface area contributed by atoms with E-state index in [1.165, 1.54) is 0 Å². The number of aromatic nitrogens is 1. The molecule has 0 bridgehead atoms. The summed E-state index contributed by atoms with van der Waals surface area (Å²) in [4.78, 5) is 20.8. The van der Waals surface area contributed by atoms with Crippen molar-refractivity contribution in [2.24, 2.45) is 0 Å². The van der Waals surface area contributed by atoms with Gasteiger partial charge in [0.2, 0.25) is 0 Å². The summed E-state index contributed by atoms with van der Waals surface area (Å²) < 4.78 is 0. The number of halogens is 1. The van der Waals surface area contributed by atoms with Crippen LogP contribution in [-0.4, -0.2) is 35.1 Å². The molecule has 0 saturated carbocycles. The summed E-state index contributed by atoms with van der Waals surface area (Å²) in [6, 6.07) is 5.67. The van der Waals surface area contributed by atoms with Crippen molar-refractivity contribution in [2.45, 2.75) is 43.4 Å². The molecule has 1 unspecified atom stereocenters. The lowest BCUT2D eigenvalue weighted by molar-refractivity contribution is 0.0707. The predicted octanol–water partition coefficient (Wildman–Crippen LogP) is 5.66. The maximum absolute atomic E-state index is 13.0. The van der Waals surface area contributed by atoms with E-state index in [4.69, 9.17) is 16.6 Å². The lowest BCUT2D eigenvalue weighted by Gasteiger charge is -2.32. The van der Waals surface area contributed by atoms with Gasteiger partial charge in [0.1, 0.15) is 0 Å². The number of rotatable bonds is 4. The van der Waals surface area contributed by atoms with Gasteiger partial charge >= 0.3 is 0 Å². The third kappa shape index (κ3) is 4.21. The smallest absolute Gasteiger partial charge is 0.255 e. The number of hydrogen-bond acceptors (Lipinski definition) is 4. The van der Waals surface area contributed by atoms with Crippen LogP contribution in [0.2, 0.25) is 5.02 Å².